The molecular weight excluding hydrogens is 313 g/mol. The third kappa shape index (κ3) is 4.02. The lowest BCUT2D eigenvalue weighted by Gasteiger charge is -2.32. The number of rotatable bonds is 2. The van der Waals surface area contributed by atoms with Gasteiger partial charge in [-0.2, -0.15) is 0 Å². The van der Waals surface area contributed by atoms with Gasteiger partial charge in [0.05, 0.1) is 5.71 Å². The highest BCUT2D eigenvalue weighted by Crippen LogP contribution is 2.23. The molecule has 1 aromatic rings. The summed E-state index contributed by atoms with van der Waals surface area (Å²) in [5.74, 6) is 0.0949. The van der Waals surface area contributed by atoms with E-state index in [1.165, 1.54) is 0 Å². The maximum absolute atomic E-state index is 12.3. The van der Waals surface area contributed by atoms with Gasteiger partial charge in [-0.25, -0.2) is 4.79 Å². The van der Waals surface area contributed by atoms with Crippen molar-refractivity contribution in [2.45, 2.75) is 19.8 Å². The highest BCUT2D eigenvalue weighted by Gasteiger charge is 2.27. The minimum absolute atomic E-state index is 0.0949. The van der Waals surface area contributed by atoms with Crippen molar-refractivity contribution in [2.24, 2.45) is 11.1 Å². The van der Waals surface area contributed by atoms with E-state index in [0.717, 1.165) is 12.1 Å². The van der Waals surface area contributed by atoms with Crippen molar-refractivity contribution in [3.8, 4) is 0 Å². The van der Waals surface area contributed by atoms with Crippen LogP contribution in [0, 0.1) is 5.92 Å². The number of likely N-dealkylation sites (tertiary alicyclic amines) is 1. The van der Waals surface area contributed by atoms with Crippen LogP contribution < -0.4 is 5.32 Å². The second kappa shape index (κ2) is 7.00. The zero-order valence-corrected chi connectivity index (χ0v) is 13.2. The van der Waals surface area contributed by atoms with Crippen LogP contribution in [0.4, 0.5) is 10.5 Å². The number of anilines is 1. The number of carbonyl (C=O) groups is 1. The number of carbonyl (C=O) groups excluding carboxylic acids is 1. The summed E-state index contributed by atoms with van der Waals surface area (Å²) in [6.45, 7) is 3.07. The van der Waals surface area contributed by atoms with Gasteiger partial charge in [0, 0.05) is 41.2 Å². The van der Waals surface area contributed by atoms with Gasteiger partial charge < -0.3 is 15.4 Å². The average molecular weight is 330 g/mol. The Kier molecular flexibility index (Phi) is 5.31. The fraction of sp³-hybridized carbons (Fsp3) is 0.429. The Morgan fingerprint density at radius 3 is 2.67 bits per heavy atom. The standard InChI is InChI=1S/C14H17Cl2N3O2/c1-2-9-8-19(4-3-13(9)18-21)14(20)17-12-6-10(15)5-11(16)7-12/h5-7,9,21H,2-4,8H2,1H3,(H,17,20)/b18-13+. The number of benzene rings is 1. The summed E-state index contributed by atoms with van der Waals surface area (Å²) in [4.78, 5) is 14.0. The normalized spacial score (nSPS) is 20.6. The van der Waals surface area contributed by atoms with Gasteiger partial charge in [-0.15, -0.1) is 0 Å². The Morgan fingerprint density at radius 1 is 1.43 bits per heavy atom. The molecular formula is C14H17Cl2N3O2. The molecule has 1 atom stereocenters. The molecule has 7 heteroatoms. The fourth-order valence-electron chi connectivity index (χ4n) is 2.43. The zero-order valence-electron chi connectivity index (χ0n) is 11.6. The Bertz CT molecular complexity index is 543. The van der Waals surface area contributed by atoms with E-state index in [0.29, 0.717) is 35.2 Å². The van der Waals surface area contributed by atoms with E-state index in [-0.39, 0.29) is 11.9 Å². The summed E-state index contributed by atoms with van der Waals surface area (Å²) in [5.41, 5.74) is 1.32. The van der Waals surface area contributed by atoms with Crippen molar-refractivity contribution in [3.05, 3.63) is 28.2 Å². The first-order valence-electron chi connectivity index (χ1n) is 6.76. The maximum atomic E-state index is 12.3. The lowest BCUT2D eigenvalue weighted by Crippen LogP contribution is -2.45. The van der Waals surface area contributed by atoms with Crippen molar-refractivity contribution < 1.29 is 10.0 Å². The molecule has 1 aliphatic heterocycles. The van der Waals surface area contributed by atoms with E-state index in [1.807, 2.05) is 6.92 Å². The highest BCUT2D eigenvalue weighted by atomic mass is 35.5. The molecule has 2 N–H and O–H groups in total. The number of urea groups is 1. The van der Waals surface area contributed by atoms with E-state index >= 15 is 0 Å². The number of nitrogens with zero attached hydrogens (tertiary/aromatic N) is 2. The molecule has 1 unspecified atom stereocenters. The molecule has 2 rings (SSSR count). The molecule has 5 nitrogen and oxygen atoms in total. The highest BCUT2D eigenvalue weighted by molar-refractivity contribution is 6.35. The van der Waals surface area contributed by atoms with Gasteiger partial charge in [-0.3, -0.25) is 0 Å². The Balaban J connectivity index is 2.03. The summed E-state index contributed by atoms with van der Waals surface area (Å²) < 4.78 is 0. The van der Waals surface area contributed by atoms with E-state index in [4.69, 9.17) is 28.4 Å². The van der Waals surface area contributed by atoms with Crippen LogP contribution in [0.1, 0.15) is 19.8 Å². The van der Waals surface area contributed by atoms with Gasteiger partial charge in [-0.05, 0) is 24.6 Å². The van der Waals surface area contributed by atoms with Crippen LogP contribution in [-0.2, 0) is 0 Å². The van der Waals surface area contributed by atoms with Crippen molar-refractivity contribution in [3.63, 3.8) is 0 Å². The van der Waals surface area contributed by atoms with Gasteiger partial charge in [0.1, 0.15) is 0 Å². The molecule has 1 aliphatic rings. The number of amides is 2. The molecule has 0 spiro atoms. The lowest BCUT2D eigenvalue weighted by atomic mass is 9.93. The molecule has 2 amide bonds. The molecule has 0 bridgehead atoms. The Morgan fingerprint density at radius 2 is 2.10 bits per heavy atom. The average Bonchev–Trinajstić information content (AvgIpc) is 2.45. The topological polar surface area (TPSA) is 64.9 Å². The third-order valence-electron chi connectivity index (χ3n) is 3.57. The monoisotopic (exact) mass is 329 g/mol. The molecule has 21 heavy (non-hydrogen) atoms. The summed E-state index contributed by atoms with van der Waals surface area (Å²) in [6.07, 6.45) is 1.41. The largest absolute Gasteiger partial charge is 0.411 e. The number of nitrogens with one attached hydrogen (secondary N) is 1. The van der Waals surface area contributed by atoms with Crippen molar-refractivity contribution >= 4 is 40.6 Å². The van der Waals surface area contributed by atoms with Crippen LogP contribution in [0.2, 0.25) is 10.0 Å². The number of hydrogen-bond acceptors (Lipinski definition) is 3. The summed E-state index contributed by atoms with van der Waals surface area (Å²) in [7, 11) is 0. The Labute approximate surface area is 133 Å². The second-order valence-electron chi connectivity index (χ2n) is 4.98. The first kappa shape index (κ1) is 15.9. The van der Waals surface area contributed by atoms with Crippen LogP contribution in [0.3, 0.4) is 0 Å². The van der Waals surface area contributed by atoms with Gasteiger partial charge in [0.15, 0.2) is 0 Å². The smallest absolute Gasteiger partial charge is 0.321 e. The SMILES string of the molecule is CCC1CN(C(=O)Nc2cc(Cl)cc(Cl)c2)CC/C1=N\O. The number of hydrogen-bond donors (Lipinski definition) is 2. The van der Waals surface area contributed by atoms with Crippen LogP contribution >= 0.6 is 23.2 Å². The molecule has 0 aliphatic carbocycles. The number of halogens is 2. The predicted molar refractivity (Wildman–Crippen MR) is 84.7 cm³/mol. The van der Waals surface area contributed by atoms with Crippen molar-refractivity contribution in [2.75, 3.05) is 18.4 Å². The first-order valence-corrected chi connectivity index (χ1v) is 7.52. The lowest BCUT2D eigenvalue weighted by molar-refractivity contribution is 0.200. The summed E-state index contributed by atoms with van der Waals surface area (Å²) in [5, 5.41) is 16.0. The summed E-state index contributed by atoms with van der Waals surface area (Å²) in [6, 6.07) is 4.70. The minimum Gasteiger partial charge on any atom is -0.411 e. The van der Waals surface area contributed by atoms with E-state index in [1.54, 1.807) is 23.1 Å². The predicted octanol–water partition coefficient (Wildman–Crippen LogP) is 4.09. The van der Waals surface area contributed by atoms with Gasteiger partial charge in [0.2, 0.25) is 0 Å². The van der Waals surface area contributed by atoms with Crippen LogP contribution in [0.15, 0.2) is 23.4 Å². The molecule has 1 heterocycles. The molecule has 0 radical (unpaired) electrons. The van der Waals surface area contributed by atoms with Crippen LogP contribution in [-0.4, -0.2) is 34.9 Å². The first-order chi connectivity index (χ1) is 10.0. The molecule has 1 aromatic carbocycles. The molecule has 1 fully saturated rings. The van der Waals surface area contributed by atoms with Crippen LogP contribution in [0.25, 0.3) is 0 Å². The molecule has 1 saturated heterocycles. The quantitative estimate of drug-likeness (QED) is 0.634. The number of piperidine rings is 1. The summed E-state index contributed by atoms with van der Waals surface area (Å²) >= 11 is 11.8. The second-order valence-corrected chi connectivity index (χ2v) is 5.85. The molecule has 0 aromatic heterocycles. The molecule has 114 valence electrons. The number of oxime groups is 1. The minimum atomic E-state index is -0.205. The van der Waals surface area contributed by atoms with Crippen molar-refractivity contribution in [1.82, 2.24) is 4.90 Å². The van der Waals surface area contributed by atoms with Gasteiger partial charge in [-0.1, -0.05) is 35.3 Å². The van der Waals surface area contributed by atoms with Crippen molar-refractivity contribution in [1.29, 1.82) is 0 Å². The zero-order chi connectivity index (χ0) is 15.4. The van der Waals surface area contributed by atoms with Crippen LogP contribution in [0.5, 0.6) is 0 Å². The maximum Gasteiger partial charge on any atom is 0.321 e. The van der Waals surface area contributed by atoms with Gasteiger partial charge in [0.25, 0.3) is 0 Å². The van der Waals surface area contributed by atoms with E-state index in [9.17, 15) is 4.79 Å². The fourth-order valence-corrected chi connectivity index (χ4v) is 2.95. The Hall–Kier alpha value is -1.46. The molecule has 0 saturated carbocycles. The third-order valence-corrected chi connectivity index (χ3v) is 4.01. The van der Waals surface area contributed by atoms with Gasteiger partial charge >= 0.3 is 6.03 Å². The van der Waals surface area contributed by atoms with E-state index in [2.05, 4.69) is 10.5 Å². The van der Waals surface area contributed by atoms with E-state index < -0.39 is 0 Å².